The Hall–Kier alpha value is -2.57. The molecule has 26 heavy (non-hydrogen) atoms. The van der Waals surface area contributed by atoms with E-state index >= 15 is 0 Å². The summed E-state index contributed by atoms with van der Waals surface area (Å²) >= 11 is 5.85. The van der Waals surface area contributed by atoms with Crippen LogP contribution in [0.15, 0.2) is 47.5 Å². The van der Waals surface area contributed by atoms with E-state index < -0.39 is 5.82 Å². The van der Waals surface area contributed by atoms with Crippen molar-refractivity contribution in [3.8, 4) is 11.4 Å². The van der Waals surface area contributed by atoms with Gasteiger partial charge in [-0.05, 0) is 18.2 Å². The van der Waals surface area contributed by atoms with Gasteiger partial charge in [-0.1, -0.05) is 23.7 Å². The van der Waals surface area contributed by atoms with E-state index in [0.29, 0.717) is 43.0 Å². The van der Waals surface area contributed by atoms with Gasteiger partial charge < -0.3 is 4.98 Å². The molecule has 5 nitrogen and oxygen atoms in total. The van der Waals surface area contributed by atoms with E-state index in [4.69, 9.17) is 11.6 Å². The number of hydrogen-bond acceptors (Lipinski definition) is 4. The Kier molecular flexibility index (Phi) is 4.53. The Bertz CT molecular complexity index is 1010. The van der Waals surface area contributed by atoms with Crippen LogP contribution in [0.4, 0.5) is 4.39 Å². The molecule has 132 valence electrons. The molecule has 0 aliphatic carbocycles. The molecule has 3 heterocycles. The maximum absolute atomic E-state index is 14.1. The predicted octanol–water partition coefficient (Wildman–Crippen LogP) is 3.18. The zero-order valence-corrected chi connectivity index (χ0v) is 14.6. The van der Waals surface area contributed by atoms with Gasteiger partial charge in [0, 0.05) is 49.6 Å². The fourth-order valence-electron chi connectivity index (χ4n) is 3.17. The lowest BCUT2D eigenvalue weighted by Crippen LogP contribution is -2.35. The standard InChI is InChI=1S/C19H16ClFN4O/c20-15-5-1-3-13(17(15)21)10-25-8-6-16-14(11-25)19(26)24-18(23-16)12-4-2-7-22-9-12/h1-5,7,9H,6,8,10-11H2,(H,23,24,26). The molecule has 0 saturated heterocycles. The highest BCUT2D eigenvalue weighted by Crippen LogP contribution is 2.23. The molecular weight excluding hydrogens is 355 g/mol. The SMILES string of the molecule is O=c1[nH]c(-c2cccnc2)nc2c1CN(Cc1cccc(Cl)c1F)CC2. The lowest BCUT2D eigenvalue weighted by atomic mass is 10.1. The Morgan fingerprint density at radius 1 is 1.27 bits per heavy atom. The van der Waals surface area contributed by atoms with Gasteiger partial charge in [0.25, 0.3) is 5.56 Å². The number of halogens is 2. The van der Waals surface area contributed by atoms with E-state index in [0.717, 1.165) is 11.3 Å². The molecule has 1 N–H and O–H groups in total. The monoisotopic (exact) mass is 370 g/mol. The number of H-pyrrole nitrogens is 1. The predicted molar refractivity (Wildman–Crippen MR) is 97.3 cm³/mol. The molecule has 0 amide bonds. The number of pyridine rings is 1. The highest BCUT2D eigenvalue weighted by molar-refractivity contribution is 6.30. The van der Waals surface area contributed by atoms with Gasteiger partial charge in [0.1, 0.15) is 11.6 Å². The third-order valence-electron chi connectivity index (χ3n) is 4.51. The summed E-state index contributed by atoms with van der Waals surface area (Å²) in [5.74, 6) is 0.120. The van der Waals surface area contributed by atoms with Gasteiger partial charge in [-0.15, -0.1) is 0 Å². The van der Waals surface area contributed by atoms with E-state index in [1.807, 2.05) is 11.0 Å². The number of nitrogens with zero attached hydrogens (tertiary/aromatic N) is 3. The average molecular weight is 371 g/mol. The molecule has 3 aromatic rings. The first-order valence-corrected chi connectivity index (χ1v) is 8.67. The van der Waals surface area contributed by atoms with Gasteiger partial charge in [-0.25, -0.2) is 9.37 Å². The van der Waals surface area contributed by atoms with Crippen molar-refractivity contribution < 1.29 is 4.39 Å². The molecule has 0 unspecified atom stereocenters. The van der Waals surface area contributed by atoms with Crippen LogP contribution in [0.3, 0.4) is 0 Å². The van der Waals surface area contributed by atoms with Crippen LogP contribution < -0.4 is 5.56 Å². The van der Waals surface area contributed by atoms with E-state index in [9.17, 15) is 9.18 Å². The van der Waals surface area contributed by atoms with Crippen molar-refractivity contribution >= 4 is 11.6 Å². The minimum Gasteiger partial charge on any atom is -0.306 e. The molecule has 0 saturated carbocycles. The van der Waals surface area contributed by atoms with Crippen molar-refractivity contribution in [3.05, 3.63) is 80.7 Å². The second kappa shape index (κ2) is 6.97. The number of rotatable bonds is 3. The van der Waals surface area contributed by atoms with Crippen molar-refractivity contribution in [1.29, 1.82) is 0 Å². The van der Waals surface area contributed by atoms with Crippen LogP contribution in [-0.2, 0) is 19.5 Å². The van der Waals surface area contributed by atoms with Crippen LogP contribution >= 0.6 is 11.6 Å². The molecule has 1 aromatic carbocycles. The van der Waals surface area contributed by atoms with E-state index in [1.165, 1.54) is 6.07 Å². The first-order valence-electron chi connectivity index (χ1n) is 8.29. The molecule has 4 rings (SSSR count). The van der Waals surface area contributed by atoms with Crippen LogP contribution in [-0.4, -0.2) is 26.4 Å². The second-order valence-corrected chi connectivity index (χ2v) is 6.66. The third kappa shape index (κ3) is 3.25. The first kappa shape index (κ1) is 16.9. The van der Waals surface area contributed by atoms with Gasteiger partial charge in [-0.2, -0.15) is 0 Å². The second-order valence-electron chi connectivity index (χ2n) is 6.26. The van der Waals surface area contributed by atoms with Gasteiger partial charge in [0.2, 0.25) is 0 Å². The topological polar surface area (TPSA) is 61.9 Å². The summed E-state index contributed by atoms with van der Waals surface area (Å²) in [7, 11) is 0. The number of benzene rings is 1. The van der Waals surface area contributed by atoms with Gasteiger partial charge >= 0.3 is 0 Å². The molecule has 0 fully saturated rings. The minimum atomic E-state index is -0.404. The lowest BCUT2D eigenvalue weighted by molar-refractivity contribution is 0.238. The van der Waals surface area contributed by atoms with Crippen LogP contribution in [0.2, 0.25) is 5.02 Å². The van der Waals surface area contributed by atoms with Crippen molar-refractivity contribution in [2.24, 2.45) is 0 Å². The smallest absolute Gasteiger partial charge is 0.255 e. The highest BCUT2D eigenvalue weighted by Gasteiger charge is 2.22. The van der Waals surface area contributed by atoms with Crippen LogP contribution in [0.5, 0.6) is 0 Å². The van der Waals surface area contributed by atoms with Crippen molar-refractivity contribution in [2.45, 2.75) is 19.5 Å². The summed E-state index contributed by atoms with van der Waals surface area (Å²) in [6.07, 6.45) is 3.98. The van der Waals surface area contributed by atoms with Crippen molar-refractivity contribution in [1.82, 2.24) is 19.9 Å². The van der Waals surface area contributed by atoms with E-state index in [2.05, 4.69) is 15.0 Å². The Balaban J connectivity index is 1.60. The highest BCUT2D eigenvalue weighted by atomic mass is 35.5. The summed E-state index contributed by atoms with van der Waals surface area (Å²) in [6.45, 7) is 1.52. The van der Waals surface area contributed by atoms with E-state index in [-0.39, 0.29) is 10.6 Å². The van der Waals surface area contributed by atoms with Crippen molar-refractivity contribution in [2.75, 3.05) is 6.54 Å². The quantitative estimate of drug-likeness (QED) is 0.769. The summed E-state index contributed by atoms with van der Waals surface area (Å²) in [5.41, 5.74) is 2.56. The Morgan fingerprint density at radius 3 is 2.96 bits per heavy atom. The fraction of sp³-hybridized carbons (Fsp3) is 0.211. The van der Waals surface area contributed by atoms with Gasteiger partial charge in [0.15, 0.2) is 0 Å². The molecule has 0 spiro atoms. The van der Waals surface area contributed by atoms with Crippen LogP contribution in [0.1, 0.15) is 16.8 Å². The number of hydrogen-bond donors (Lipinski definition) is 1. The number of nitrogens with one attached hydrogen (secondary N) is 1. The summed E-state index contributed by atoms with van der Waals surface area (Å²) in [4.78, 5) is 26.1. The maximum atomic E-state index is 14.1. The minimum absolute atomic E-state index is 0.112. The summed E-state index contributed by atoms with van der Waals surface area (Å²) < 4.78 is 14.1. The number of fused-ring (bicyclic) bond motifs is 1. The molecule has 7 heteroatoms. The van der Waals surface area contributed by atoms with Gasteiger partial charge in [0.05, 0.1) is 16.3 Å². The molecule has 1 aliphatic rings. The van der Waals surface area contributed by atoms with Crippen LogP contribution in [0.25, 0.3) is 11.4 Å². The summed E-state index contributed by atoms with van der Waals surface area (Å²) in [6, 6.07) is 8.63. The normalized spacial score (nSPS) is 14.2. The zero-order chi connectivity index (χ0) is 18.1. The molecule has 1 aliphatic heterocycles. The largest absolute Gasteiger partial charge is 0.306 e. The third-order valence-corrected chi connectivity index (χ3v) is 4.80. The summed E-state index contributed by atoms with van der Waals surface area (Å²) in [5, 5.41) is 0.112. The molecular formula is C19H16ClFN4O. The number of aromatic amines is 1. The molecule has 0 radical (unpaired) electrons. The first-order chi connectivity index (χ1) is 12.6. The van der Waals surface area contributed by atoms with E-state index in [1.54, 1.807) is 30.6 Å². The Labute approximate surface area is 154 Å². The number of aromatic nitrogens is 3. The van der Waals surface area contributed by atoms with Crippen molar-refractivity contribution in [3.63, 3.8) is 0 Å². The molecule has 0 atom stereocenters. The lowest BCUT2D eigenvalue weighted by Gasteiger charge is -2.28. The Morgan fingerprint density at radius 2 is 2.15 bits per heavy atom. The molecule has 0 bridgehead atoms. The maximum Gasteiger partial charge on any atom is 0.255 e. The fourth-order valence-corrected chi connectivity index (χ4v) is 3.36. The average Bonchev–Trinajstić information content (AvgIpc) is 2.66. The van der Waals surface area contributed by atoms with Gasteiger partial charge in [-0.3, -0.25) is 14.7 Å². The zero-order valence-electron chi connectivity index (χ0n) is 13.9. The van der Waals surface area contributed by atoms with Crippen LogP contribution in [0, 0.1) is 5.82 Å². The molecule has 2 aromatic heterocycles.